The van der Waals surface area contributed by atoms with Crippen molar-refractivity contribution in [2.45, 2.75) is 95.9 Å². The zero-order valence-corrected chi connectivity index (χ0v) is 19.6. The molecule has 0 rings (SSSR count). The van der Waals surface area contributed by atoms with Gasteiger partial charge < -0.3 is 26.6 Å². The van der Waals surface area contributed by atoms with E-state index in [2.05, 4.69) is 10.6 Å². The summed E-state index contributed by atoms with van der Waals surface area (Å²) in [6, 6.07) is -0.392. The largest absolute Gasteiger partial charge is 0.481 e. The van der Waals surface area contributed by atoms with Crippen molar-refractivity contribution in [1.82, 2.24) is 10.6 Å². The molecule has 9 heteroatoms. The number of rotatable bonds is 22. The molecular weight excluding hydrogens is 414 g/mol. The molecule has 0 aliphatic heterocycles. The third-order valence-corrected chi connectivity index (χ3v) is 5.59. The minimum absolute atomic E-state index is 0.0483. The van der Waals surface area contributed by atoms with Crippen LogP contribution in [0, 0.1) is 5.92 Å². The van der Waals surface area contributed by atoms with Crippen LogP contribution in [0.2, 0.25) is 0 Å². The molecule has 0 saturated heterocycles. The van der Waals surface area contributed by atoms with E-state index in [-0.39, 0.29) is 24.5 Å². The Morgan fingerprint density at radius 2 is 1.41 bits per heavy atom. The lowest BCUT2D eigenvalue weighted by Gasteiger charge is -2.17. The number of carbonyl (C=O) groups is 4. The normalized spacial score (nSPS) is 12.8. The van der Waals surface area contributed by atoms with E-state index < -0.39 is 30.4 Å². The lowest BCUT2D eigenvalue weighted by molar-refractivity contribution is -0.137. The Kier molecular flexibility index (Phi) is 18.4. The number of primary amides is 1. The zero-order valence-electron chi connectivity index (χ0n) is 19.6. The summed E-state index contributed by atoms with van der Waals surface area (Å²) in [5, 5.41) is 23.5. The van der Waals surface area contributed by atoms with Crippen molar-refractivity contribution < 1.29 is 29.4 Å². The van der Waals surface area contributed by atoms with Crippen LogP contribution in [0.4, 0.5) is 0 Å². The SMILES string of the molecule is CNC(CCCCNC(=O)CCCCCCCCCCC(=O)O)C(=O)C[C@@H](CO)C(N)=O. The quantitative estimate of drug-likeness (QED) is 0.155. The molecule has 32 heavy (non-hydrogen) atoms. The van der Waals surface area contributed by atoms with Gasteiger partial charge in [-0.25, -0.2) is 0 Å². The Balaban J connectivity index is 3.68. The molecule has 0 bridgehead atoms. The lowest BCUT2D eigenvalue weighted by Crippen LogP contribution is -2.38. The third kappa shape index (κ3) is 16.7. The van der Waals surface area contributed by atoms with Gasteiger partial charge in [-0.05, 0) is 39.2 Å². The van der Waals surface area contributed by atoms with E-state index in [1.807, 2.05) is 0 Å². The maximum absolute atomic E-state index is 12.2. The second-order valence-electron chi connectivity index (χ2n) is 8.36. The Labute approximate surface area is 191 Å². The van der Waals surface area contributed by atoms with Crippen LogP contribution in [0.1, 0.15) is 89.9 Å². The molecular formula is C23H43N3O6. The fraction of sp³-hybridized carbons (Fsp3) is 0.826. The predicted octanol–water partition coefficient (Wildman–Crippen LogP) is 1.90. The standard InChI is InChI=1S/C23H43N3O6/c1-25-19(20(28)16-18(17-27)23(24)32)12-10-11-15-26-21(29)13-8-6-4-2-3-5-7-9-14-22(30)31/h18-19,25,27H,2-17H2,1H3,(H2,24,32)(H,26,29)(H,30,31)/t18-,19?/m0/s1. The van der Waals surface area contributed by atoms with Crippen LogP contribution in [0.25, 0.3) is 0 Å². The Morgan fingerprint density at radius 1 is 0.844 bits per heavy atom. The highest BCUT2D eigenvalue weighted by Gasteiger charge is 2.23. The Bertz CT molecular complexity index is 556. The van der Waals surface area contributed by atoms with Gasteiger partial charge in [-0.15, -0.1) is 0 Å². The average molecular weight is 458 g/mol. The molecule has 186 valence electrons. The highest BCUT2D eigenvalue weighted by atomic mass is 16.4. The Morgan fingerprint density at radius 3 is 1.91 bits per heavy atom. The number of aliphatic carboxylic acids is 1. The number of carbonyl (C=O) groups excluding carboxylic acids is 3. The van der Waals surface area contributed by atoms with Gasteiger partial charge in [0.25, 0.3) is 0 Å². The molecule has 0 aromatic heterocycles. The molecule has 0 aromatic carbocycles. The van der Waals surface area contributed by atoms with Gasteiger partial charge in [-0.2, -0.15) is 0 Å². The van der Waals surface area contributed by atoms with Crippen LogP contribution in [-0.4, -0.2) is 60.0 Å². The van der Waals surface area contributed by atoms with Crippen molar-refractivity contribution in [3.8, 4) is 0 Å². The predicted molar refractivity (Wildman–Crippen MR) is 123 cm³/mol. The van der Waals surface area contributed by atoms with E-state index in [1.54, 1.807) is 7.05 Å². The van der Waals surface area contributed by atoms with Crippen molar-refractivity contribution in [3.05, 3.63) is 0 Å². The van der Waals surface area contributed by atoms with Gasteiger partial charge in [-0.1, -0.05) is 38.5 Å². The number of nitrogens with two attached hydrogens (primary N) is 1. The molecule has 0 aliphatic carbocycles. The first-order chi connectivity index (χ1) is 15.3. The summed E-state index contributed by atoms with van der Waals surface area (Å²) in [5.74, 6) is -2.34. The van der Waals surface area contributed by atoms with E-state index in [0.29, 0.717) is 19.4 Å². The highest BCUT2D eigenvalue weighted by Crippen LogP contribution is 2.11. The van der Waals surface area contributed by atoms with E-state index in [0.717, 1.165) is 64.2 Å². The first-order valence-corrected chi connectivity index (χ1v) is 11.9. The molecule has 0 aromatic rings. The van der Waals surface area contributed by atoms with E-state index >= 15 is 0 Å². The molecule has 2 atom stereocenters. The smallest absolute Gasteiger partial charge is 0.303 e. The maximum Gasteiger partial charge on any atom is 0.303 e. The number of unbranched alkanes of at least 4 members (excludes halogenated alkanes) is 8. The van der Waals surface area contributed by atoms with Crippen LogP contribution in [-0.2, 0) is 19.2 Å². The molecule has 9 nitrogen and oxygen atoms in total. The number of hydrogen-bond acceptors (Lipinski definition) is 6. The van der Waals surface area contributed by atoms with Crippen LogP contribution >= 0.6 is 0 Å². The summed E-state index contributed by atoms with van der Waals surface area (Å²) >= 11 is 0. The van der Waals surface area contributed by atoms with Crippen molar-refractivity contribution in [3.63, 3.8) is 0 Å². The summed E-state index contributed by atoms with van der Waals surface area (Å²) in [6.07, 6.45) is 10.8. The number of likely N-dealkylation sites (N-methyl/N-ethyl adjacent to an activating group) is 1. The van der Waals surface area contributed by atoms with E-state index in [4.69, 9.17) is 15.9 Å². The highest BCUT2D eigenvalue weighted by molar-refractivity contribution is 5.89. The number of carboxylic acids is 1. The number of aliphatic hydroxyl groups excluding tert-OH is 1. The van der Waals surface area contributed by atoms with Gasteiger partial charge in [0.1, 0.15) is 0 Å². The molecule has 0 heterocycles. The van der Waals surface area contributed by atoms with Gasteiger partial charge in [0.15, 0.2) is 5.78 Å². The van der Waals surface area contributed by atoms with Crippen LogP contribution in [0.3, 0.4) is 0 Å². The van der Waals surface area contributed by atoms with Gasteiger partial charge >= 0.3 is 5.97 Å². The number of carboxylic acid groups (broad SMARTS) is 1. The zero-order chi connectivity index (χ0) is 24.2. The molecule has 0 aliphatic rings. The fourth-order valence-electron chi connectivity index (χ4n) is 3.52. The Hall–Kier alpha value is -2.00. The number of aliphatic hydroxyl groups is 1. The molecule has 0 radical (unpaired) electrons. The minimum Gasteiger partial charge on any atom is -0.481 e. The van der Waals surface area contributed by atoms with Crippen molar-refractivity contribution in [1.29, 1.82) is 0 Å². The average Bonchev–Trinajstić information content (AvgIpc) is 2.75. The first kappa shape index (κ1) is 30.0. The maximum atomic E-state index is 12.2. The number of amides is 2. The van der Waals surface area contributed by atoms with E-state index in [1.165, 1.54) is 0 Å². The summed E-state index contributed by atoms with van der Waals surface area (Å²) in [4.78, 5) is 45.7. The van der Waals surface area contributed by atoms with Crippen LogP contribution < -0.4 is 16.4 Å². The number of hydrogen-bond donors (Lipinski definition) is 5. The van der Waals surface area contributed by atoms with E-state index in [9.17, 15) is 19.2 Å². The van der Waals surface area contributed by atoms with Crippen molar-refractivity contribution >= 4 is 23.6 Å². The number of nitrogens with one attached hydrogen (secondary N) is 2. The van der Waals surface area contributed by atoms with Gasteiger partial charge in [0, 0.05) is 25.8 Å². The lowest BCUT2D eigenvalue weighted by atomic mass is 9.96. The summed E-state index contributed by atoms with van der Waals surface area (Å²) in [5.41, 5.74) is 5.17. The third-order valence-electron chi connectivity index (χ3n) is 5.59. The van der Waals surface area contributed by atoms with Crippen molar-refractivity contribution in [2.24, 2.45) is 11.7 Å². The van der Waals surface area contributed by atoms with Crippen LogP contribution in [0.5, 0.6) is 0 Å². The summed E-state index contributed by atoms with van der Waals surface area (Å²) in [6.45, 7) is 0.137. The second kappa shape index (κ2) is 19.7. The number of ketones is 1. The molecule has 6 N–H and O–H groups in total. The first-order valence-electron chi connectivity index (χ1n) is 11.9. The molecule has 1 unspecified atom stereocenters. The molecule has 0 fully saturated rings. The van der Waals surface area contributed by atoms with Crippen LogP contribution in [0.15, 0.2) is 0 Å². The summed E-state index contributed by atoms with van der Waals surface area (Å²) < 4.78 is 0. The van der Waals surface area contributed by atoms with Gasteiger partial charge in [0.2, 0.25) is 11.8 Å². The second-order valence-corrected chi connectivity index (χ2v) is 8.36. The van der Waals surface area contributed by atoms with Crippen molar-refractivity contribution in [2.75, 3.05) is 20.2 Å². The topological polar surface area (TPSA) is 159 Å². The minimum atomic E-state index is -0.846. The molecule has 2 amide bonds. The monoisotopic (exact) mass is 457 g/mol. The molecule has 0 spiro atoms. The van der Waals surface area contributed by atoms with Gasteiger partial charge in [-0.3, -0.25) is 19.2 Å². The molecule has 0 saturated carbocycles. The van der Waals surface area contributed by atoms with Gasteiger partial charge in [0.05, 0.1) is 18.6 Å². The number of Topliss-reactive ketones (excluding diaryl/α,β-unsaturated/α-hetero) is 1. The fourth-order valence-corrected chi connectivity index (χ4v) is 3.52. The summed E-state index contributed by atoms with van der Waals surface area (Å²) in [7, 11) is 1.68.